The number of aromatic nitrogens is 1. The van der Waals surface area contributed by atoms with Crippen molar-refractivity contribution in [3.8, 4) is 5.75 Å². The smallest absolute Gasteiger partial charge is 0.138 e. The van der Waals surface area contributed by atoms with Crippen LogP contribution in [0.4, 0.5) is 5.69 Å². The largest absolute Gasteiger partial charge is 0.506 e. The zero-order chi connectivity index (χ0) is 11.4. The Hall–Kier alpha value is -1.68. The van der Waals surface area contributed by atoms with Crippen LogP contribution in [0, 0.1) is 0 Å². The first-order valence-corrected chi connectivity index (χ1v) is 5.85. The molecule has 0 fully saturated rings. The van der Waals surface area contributed by atoms with Crippen molar-refractivity contribution in [1.29, 1.82) is 0 Å². The first-order chi connectivity index (χ1) is 7.75. The van der Waals surface area contributed by atoms with Crippen LogP contribution in [0.1, 0.15) is 5.56 Å². The molecule has 0 saturated heterocycles. The number of phenolic OH excluding ortho intramolecular Hbond substituents is 1. The van der Waals surface area contributed by atoms with Crippen molar-refractivity contribution in [2.45, 2.75) is 10.8 Å². The predicted octanol–water partition coefficient (Wildman–Crippen LogP) is 2.66. The van der Waals surface area contributed by atoms with Crippen LogP contribution in [-0.4, -0.2) is 10.1 Å². The highest BCUT2D eigenvalue weighted by atomic mass is 32.2. The molecule has 1 aromatic heterocycles. The number of pyridine rings is 1. The summed E-state index contributed by atoms with van der Waals surface area (Å²) < 4.78 is 0. The molecule has 0 radical (unpaired) electrons. The summed E-state index contributed by atoms with van der Waals surface area (Å²) in [5.41, 5.74) is 7.11. The summed E-state index contributed by atoms with van der Waals surface area (Å²) in [6, 6.07) is 11.1. The van der Waals surface area contributed by atoms with Gasteiger partial charge in [-0.2, -0.15) is 0 Å². The minimum absolute atomic E-state index is 0.131. The number of nitrogen functional groups attached to an aromatic ring is 1. The molecular weight excluding hydrogens is 220 g/mol. The van der Waals surface area contributed by atoms with Crippen LogP contribution in [0.2, 0.25) is 0 Å². The summed E-state index contributed by atoms with van der Waals surface area (Å²) >= 11 is 1.64. The molecule has 16 heavy (non-hydrogen) atoms. The third-order valence-electron chi connectivity index (χ3n) is 2.12. The number of aromatic hydroxyl groups is 1. The summed E-state index contributed by atoms with van der Waals surface area (Å²) in [6.07, 6.45) is 1.77. The number of nitrogens with zero attached hydrogens (tertiary/aromatic N) is 1. The van der Waals surface area contributed by atoms with Gasteiger partial charge in [0.15, 0.2) is 0 Å². The van der Waals surface area contributed by atoms with Crippen molar-refractivity contribution in [2.24, 2.45) is 0 Å². The van der Waals surface area contributed by atoms with E-state index in [1.807, 2.05) is 24.3 Å². The normalized spacial score (nSPS) is 10.2. The maximum atomic E-state index is 9.28. The van der Waals surface area contributed by atoms with Gasteiger partial charge in [-0.15, -0.1) is 11.8 Å². The first-order valence-electron chi connectivity index (χ1n) is 4.87. The van der Waals surface area contributed by atoms with Crippen molar-refractivity contribution in [1.82, 2.24) is 4.98 Å². The van der Waals surface area contributed by atoms with Gasteiger partial charge in [-0.3, -0.25) is 0 Å². The standard InChI is InChI=1S/C12H12N2OS/c13-10-7-9(4-5-11(10)15)8-16-12-3-1-2-6-14-12/h1-7,15H,8,13H2. The highest BCUT2D eigenvalue weighted by Crippen LogP contribution is 2.25. The van der Waals surface area contributed by atoms with Crippen molar-refractivity contribution in [3.05, 3.63) is 48.2 Å². The van der Waals surface area contributed by atoms with Gasteiger partial charge in [-0.05, 0) is 29.8 Å². The van der Waals surface area contributed by atoms with Crippen LogP contribution in [0.15, 0.2) is 47.6 Å². The lowest BCUT2D eigenvalue weighted by Crippen LogP contribution is -1.88. The van der Waals surface area contributed by atoms with Crippen LogP contribution < -0.4 is 5.73 Å². The summed E-state index contributed by atoms with van der Waals surface area (Å²) in [5.74, 6) is 0.924. The number of phenols is 1. The molecule has 0 aliphatic rings. The highest BCUT2D eigenvalue weighted by Gasteiger charge is 2.00. The fraction of sp³-hybridized carbons (Fsp3) is 0.0833. The third-order valence-corrected chi connectivity index (χ3v) is 3.13. The summed E-state index contributed by atoms with van der Waals surface area (Å²) in [7, 11) is 0. The van der Waals surface area contributed by atoms with Gasteiger partial charge in [0.05, 0.1) is 10.7 Å². The number of benzene rings is 1. The lowest BCUT2D eigenvalue weighted by atomic mass is 10.2. The molecule has 0 amide bonds. The van der Waals surface area contributed by atoms with Gasteiger partial charge < -0.3 is 10.8 Å². The van der Waals surface area contributed by atoms with Crippen LogP contribution in [-0.2, 0) is 5.75 Å². The molecule has 0 atom stereocenters. The van der Waals surface area contributed by atoms with E-state index in [1.165, 1.54) is 0 Å². The molecule has 82 valence electrons. The highest BCUT2D eigenvalue weighted by molar-refractivity contribution is 7.98. The van der Waals surface area contributed by atoms with E-state index in [0.29, 0.717) is 5.69 Å². The second-order valence-corrected chi connectivity index (χ2v) is 4.35. The molecule has 0 saturated carbocycles. The molecule has 0 bridgehead atoms. The second kappa shape index (κ2) is 4.90. The molecule has 0 aliphatic heterocycles. The number of nitrogens with two attached hydrogens (primary N) is 1. The van der Waals surface area contributed by atoms with E-state index < -0.39 is 0 Å². The Labute approximate surface area is 98.3 Å². The van der Waals surface area contributed by atoms with Gasteiger partial charge in [-0.25, -0.2) is 4.98 Å². The Bertz CT molecular complexity index is 474. The van der Waals surface area contributed by atoms with E-state index in [4.69, 9.17) is 5.73 Å². The Kier molecular flexibility index (Phi) is 3.31. The number of anilines is 1. The van der Waals surface area contributed by atoms with E-state index >= 15 is 0 Å². The molecule has 3 N–H and O–H groups in total. The SMILES string of the molecule is Nc1cc(CSc2ccccn2)ccc1O. The van der Waals surface area contributed by atoms with Gasteiger partial charge in [0.2, 0.25) is 0 Å². The lowest BCUT2D eigenvalue weighted by molar-refractivity contribution is 0.478. The van der Waals surface area contributed by atoms with Crippen molar-refractivity contribution >= 4 is 17.4 Å². The Morgan fingerprint density at radius 3 is 2.81 bits per heavy atom. The van der Waals surface area contributed by atoms with Crippen LogP contribution in [0.3, 0.4) is 0 Å². The minimum atomic E-state index is 0.131. The zero-order valence-corrected chi connectivity index (χ0v) is 9.45. The minimum Gasteiger partial charge on any atom is -0.506 e. The van der Waals surface area contributed by atoms with Gasteiger partial charge in [0, 0.05) is 11.9 Å². The molecule has 2 aromatic rings. The van der Waals surface area contributed by atoms with Gasteiger partial charge in [0.25, 0.3) is 0 Å². The van der Waals surface area contributed by atoms with Crippen molar-refractivity contribution < 1.29 is 5.11 Å². The fourth-order valence-electron chi connectivity index (χ4n) is 1.28. The predicted molar refractivity (Wildman–Crippen MR) is 66.3 cm³/mol. The number of hydrogen-bond donors (Lipinski definition) is 2. The van der Waals surface area contributed by atoms with E-state index in [0.717, 1.165) is 16.3 Å². The van der Waals surface area contributed by atoms with E-state index in [1.54, 1.807) is 30.1 Å². The molecule has 1 aromatic carbocycles. The number of hydrogen-bond acceptors (Lipinski definition) is 4. The van der Waals surface area contributed by atoms with E-state index in [9.17, 15) is 5.11 Å². The number of rotatable bonds is 3. The first kappa shape index (κ1) is 10.8. The topological polar surface area (TPSA) is 59.1 Å². The second-order valence-electron chi connectivity index (χ2n) is 3.35. The molecule has 4 heteroatoms. The molecule has 0 unspecified atom stereocenters. The Morgan fingerprint density at radius 2 is 2.12 bits per heavy atom. The van der Waals surface area contributed by atoms with E-state index in [2.05, 4.69) is 4.98 Å². The van der Waals surface area contributed by atoms with Crippen LogP contribution in [0.25, 0.3) is 0 Å². The van der Waals surface area contributed by atoms with Gasteiger partial charge in [-0.1, -0.05) is 12.1 Å². The summed E-state index contributed by atoms with van der Waals surface area (Å²) in [6.45, 7) is 0. The lowest BCUT2D eigenvalue weighted by Gasteiger charge is -2.03. The Morgan fingerprint density at radius 1 is 1.25 bits per heavy atom. The van der Waals surface area contributed by atoms with Gasteiger partial charge >= 0.3 is 0 Å². The summed E-state index contributed by atoms with van der Waals surface area (Å²) in [5, 5.41) is 10.3. The molecule has 0 aliphatic carbocycles. The van der Waals surface area contributed by atoms with Crippen LogP contribution >= 0.6 is 11.8 Å². The van der Waals surface area contributed by atoms with Crippen LogP contribution in [0.5, 0.6) is 5.75 Å². The quantitative estimate of drug-likeness (QED) is 0.485. The average Bonchev–Trinajstić information content (AvgIpc) is 2.32. The van der Waals surface area contributed by atoms with Crippen molar-refractivity contribution in [2.75, 3.05) is 5.73 Å². The molecule has 1 heterocycles. The third kappa shape index (κ3) is 2.67. The van der Waals surface area contributed by atoms with Gasteiger partial charge in [0.1, 0.15) is 5.75 Å². The average molecular weight is 232 g/mol. The molecule has 3 nitrogen and oxygen atoms in total. The summed E-state index contributed by atoms with van der Waals surface area (Å²) in [4.78, 5) is 4.22. The van der Waals surface area contributed by atoms with E-state index in [-0.39, 0.29) is 5.75 Å². The molecule has 0 spiro atoms. The molecule has 2 rings (SSSR count). The monoisotopic (exact) mass is 232 g/mol. The maximum Gasteiger partial charge on any atom is 0.138 e. The number of thioether (sulfide) groups is 1. The molecular formula is C12H12N2OS. The maximum absolute atomic E-state index is 9.28. The Balaban J connectivity index is 2.03. The van der Waals surface area contributed by atoms with Crippen molar-refractivity contribution in [3.63, 3.8) is 0 Å². The zero-order valence-electron chi connectivity index (χ0n) is 8.63. The fourth-order valence-corrected chi connectivity index (χ4v) is 2.09.